The van der Waals surface area contributed by atoms with E-state index in [0.717, 1.165) is 30.6 Å². The molecule has 0 saturated carbocycles. The standard InChI is InChI=1S/C18H22N4O3/c23-17-8-4-10-22(17)11-5-9-19-18(24)20-13-15-12-16(21-25-15)14-6-2-1-3-7-14/h1-3,6-7,12H,4-5,8-11,13H2,(H2,19,20,24). The normalized spacial score (nSPS) is 13.9. The number of hydrogen-bond donors (Lipinski definition) is 2. The van der Waals surface area contributed by atoms with Crippen molar-refractivity contribution in [2.45, 2.75) is 25.8 Å². The number of hydrogen-bond acceptors (Lipinski definition) is 4. The number of rotatable bonds is 7. The largest absolute Gasteiger partial charge is 0.359 e. The molecule has 2 aromatic rings. The molecule has 3 rings (SSSR count). The van der Waals surface area contributed by atoms with Crippen molar-refractivity contribution in [3.05, 3.63) is 42.2 Å². The lowest BCUT2D eigenvalue weighted by molar-refractivity contribution is -0.127. The Kier molecular flexibility index (Phi) is 5.66. The van der Waals surface area contributed by atoms with Gasteiger partial charge >= 0.3 is 6.03 Å². The number of nitrogens with one attached hydrogen (secondary N) is 2. The Bertz CT molecular complexity index is 714. The highest BCUT2D eigenvalue weighted by atomic mass is 16.5. The minimum Gasteiger partial charge on any atom is -0.359 e. The summed E-state index contributed by atoms with van der Waals surface area (Å²) in [7, 11) is 0. The summed E-state index contributed by atoms with van der Waals surface area (Å²) in [5.41, 5.74) is 1.71. The summed E-state index contributed by atoms with van der Waals surface area (Å²) in [5.74, 6) is 0.806. The molecular formula is C18H22N4O3. The van der Waals surface area contributed by atoms with Crippen LogP contribution in [0.25, 0.3) is 11.3 Å². The molecule has 25 heavy (non-hydrogen) atoms. The van der Waals surface area contributed by atoms with E-state index < -0.39 is 0 Å². The van der Waals surface area contributed by atoms with Crippen LogP contribution in [-0.4, -0.2) is 41.6 Å². The number of aromatic nitrogens is 1. The molecule has 0 atom stereocenters. The molecule has 132 valence electrons. The van der Waals surface area contributed by atoms with Crippen molar-refractivity contribution in [1.29, 1.82) is 0 Å². The first-order valence-electron chi connectivity index (χ1n) is 8.53. The second-order valence-electron chi connectivity index (χ2n) is 5.99. The minimum absolute atomic E-state index is 0.212. The predicted molar refractivity (Wildman–Crippen MR) is 92.6 cm³/mol. The van der Waals surface area contributed by atoms with Crippen LogP contribution in [-0.2, 0) is 11.3 Å². The van der Waals surface area contributed by atoms with E-state index in [1.54, 1.807) is 0 Å². The van der Waals surface area contributed by atoms with Crippen LogP contribution < -0.4 is 10.6 Å². The maximum Gasteiger partial charge on any atom is 0.315 e. The van der Waals surface area contributed by atoms with E-state index in [1.807, 2.05) is 41.3 Å². The van der Waals surface area contributed by atoms with Gasteiger partial charge in [-0.25, -0.2) is 4.79 Å². The number of urea groups is 1. The number of carbonyl (C=O) groups excluding carboxylic acids is 2. The maximum atomic E-state index is 11.8. The Morgan fingerprint density at radius 2 is 2.08 bits per heavy atom. The minimum atomic E-state index is -0.259. The molecule has 7 nitrogen and oxygen atoms in total. The van der Waals surface area contributed by atoms with Gasteiger partial charge in [-0.15, -0.1) is 0 Å². The quantitative estimate of drug-likeness (QED) is 0.755. The second-order valence-corrected chi connectivity index (χ2v) is 5.99. The molecule has 0 bridgehead atoms. The monoisotopic (exact) mass is 342 g/mol. The molecule has 7 heteroatoms. The van der Waals surface area contributed by atoms with E-state index in [2.05, 4.69) is 15.8 Å². The molecule has 1 fully saturated rings. The van der Waals surface area contributed by atoms with Crippen LogP contribution in [0.15, 0.2) is 40.9 Å². The van der Waals surface area contributed by atoms with Gasteiger partial charge in [-0.3, -0.25) is 4.79 Å². The molecule has 3 amide bonds. The molecule has 0 aliphatic carbocycles. The molecule has 1 aliphatic rings. The van der Waals surface area contributed by atoms with E-state index >= 15 is 0 Å². The van der Waals surface area contributed by atoms with Gasteiger partial charge in [0.1, 0.15) is 5.69 Å². The Hall–Kier alpha value is -2.83. The van der Waals surface area contributed by atoms with Gasteiger partial charge in [-0.05, 0) is 12.8 Å². The first kappa shape index (κ1) is 17.0. The van der Waals surface area contributed by atoms with E-state index in [1.165, 1.54) is 0 Å². The van der Waals surface area contributed by atoms with Crippen molar-refractivity contribution in [1.82, 2.24) is 20.7 Å². The topological polar surface area (TPSA) is 87.5 Å². The fourth-order valence-electron chi connectivity index (χ4n) is 2.78. The van der Waals surface area contributed by atoms with Gasteiger partial charge in [0.05, 0.1) is 6.54 Å². The maximum absolute atomic E-state index is 11.8. The van der Waals surface area contributed by atoms with Crippen LogP contribution in [0.4, 0.5) is 4.79 Å². The van der Waals surface area contributed by atoms with Crippen molar-refractivity contribution in [3.8, 4) is 11.3 Å². The molecule has 2 heterocycles. The van der Waals surface area contributed by atoms with Crippen molar-refractivity contribution in [3.63, 3.8) is 0 Å². The predicted octanol–water partition coefficient (Wildman–Crippen LogP) is 2.15. The highest BCUT2D eigenvalue weighted by Gasteiger charge is 2.19. The number of benzene rings is 1. The van der Waals surface area contributed by atoms with Crippen LogP contribution >= 0.6 is 0 Å². The summed E-state index contributed by atoms with van der Waals surface area (Å²) in [6.07, 6.45) is 2.34. The number of amides is 3. The summed E-state index contributed by atoms with van der Waals surface area (Å²) < 4.78 is 5.24. The Balaban J connectivity index is 1.35. The van der Waals surface area contributed by atoms with Crippen LogP contribution in [0, 0.1) is 0 Å². The van der Waals surface area contributed by atoms with E-state index in [4.69, 9.17) is 4.52 Å². The molecule has 0 spiro atoms. The van der Waals surface area contributed by atoms with E-state index in [-0.39, 0.29) is 18.5 Å². The molecule has 2 N–H and O–H groups in total. The van der Waals surface area contributed by atoms with E-state index in [9.17, 15) is 9.59 Å². The zero-order valence-corrected chi connectivity index (χ0v) is 14.0. The number of carbonyl (C=O) groups is 2. The number of nitrogens with zero attached hydrogens (tertiary/aromatic N) is 2. The van der Waals surface area contributed by atoms with Crippen molar-refractivity contribution >= 4 is 11.9 Å². The zero-order chi connectivity index (χ0) is 17.5. The average Bonchev–Trinajstić information content (AvgIpc) is 3.27. The second kappa shape index (κ2) is 8.32. The lowest BCUT2D eigenvalue weighted by Crippen LogP contribution is -2.37. The van der Waals surface area contributed by atoms with Crippen LogP contribution in [0.1, 0.15) is 25.0 Å². The fraction of sp³-hybridized carbons (Fsp3) is 0.389. The summed E-state index contributed by atoms with van der Waals surface area (Å²) in [5, 5.41) is 9.52. The SMILES string of the molecule is O=C(NCCCN1CCCC1=O)NCc1cc(-c2ccccc2)no1. The molecule has 1 saturated heterocycles. The van der Waals surface area contributed by atoms with Gasteiger partial charge < -0.3 is 20.1 Å². The van der Waals surface area contributed by atoms with Gasteiger partial charge in [0.25, 0.3) is 0 Å². The fourth-order valence-corrected chi connectivity index (χ4v) is 2.78. The molecule has 0 radical (unpaired) electrons. The lowest BCUT2D eigenvalue weighted by Gasteiger charge is -2.15. The highest BCUT2D eigenvalue weighted by Crippen LogP contribution is 2.18. The van der Waals surface area contributed by atoms with Crippen LogP contribution in [0.3, 0.4) is 0 Å². The van der Waals surface area contributed by atoms with E-state index in [0.29, 0.717) is 25.3 Å². The first-order valence-corrected chi connectivity index (χ1v) is 8.53. The summed E-state index contributed by atoms with van der Waals surface area (Å²) in [4.78, 5) is 25.1. The Morgan fingerprint density at radius 3 is 2.84 bits per heavy atom. The van der Waals surface area contributed by atoms with Gasteiger partial charge in [-0.1, -0.05) is 35.5 Å². The smallest absolute Gasteiger partial charge is 0.315 e. The van der Waals surface area contributed by atoms with Crippen LogP contribution in [0.2, 0.25) is 0 Å². The van der Waals surface area contributed by atoms with Gasteiger partial charge in [0.15, 0.2) is 5.76 Å². The van der Waals surface area contributed by atoms with Crippen molar-refractivity contribution < 1.29 is 14.1 Å². The van der Waals surface area contributed by atoms with Gasteiger partial charge in [0, 0.05) is 37.7 Å². The molecule has 1 aromatic carbocycles. The molecular weight excluding hydrogens is 320 g/mol. The third-order valence-corrected chi connectivity index (χ3v) is 4.11. The van der Waals surface area contributed by atoms with Crippen molar-refractivity contribution in [2.75, 3.05) is 19.6 Å². The molecule has 1 aromatic heterocycles. The number of likely N-dealkylation sites (tertiary alicyclic amines) is 1. The van der Waals surface area contributed by atoms with Crippen LogP contribution in [0.5, 0.6) is 0 Å². The van der Waals surface area contributed by atoms with Gasteiger partial charge in [-0.2, -0.15) is 0 Å². The molecule has 0 unspecified atom stereocenters. The zero-order valence-electron chi connectivity index (χ0n) is 14.0. The first-order chi connectivity index (χ1) is 12.2. The summed E-state index contributed by atoms with van der Waals surface area (Å²) in [6, 6.07) is 11.3. The van der Waals surface area contributed by atoms with Crippen molar-refractivity contribution in [2.24, 2.45) is 0 Å². The summed E-state index contributed by atoms with van der Waals surface area (Å²) >= 11 is 0. The Labute approximate surface area is 146 Å². The Morgan fingerprint density at radius 1 is 1.24 bits per heavy atom. The third-order valence-electron chi connectivity index (χ3n) is 4.11. The highest BCUT2D eigenvalue weighted by molar-refractivity contribution is 5.78. The van der Waals surface area contributed by atoms with Gasteiger partial charge in [0.2, 0.25) is 5.91 Å². The summed E-state index contributed by atoms with van der Waals surface area (Å²) in [6.45, 7) is 2.33. The molecule has 1 aliphatic heterocycles. The lowest BCUT2D eigenvalue weighted by atomic mass is 10.1. The third kappa shape index (κ3) is 4.82. The average molecular weight is 342 g/mol.